The van der Waals surface area contributed by atoms with Gasteiger partial charge in [0.1, 0.15) is 0 Å². The number of carbonyl (C=O) groups is 1. The number of hydrogen-bond acceptors (Lipinski definition) is 3. The average molecular weight is 283 g/mol. The monoisotopic (exact) mass is 283 g/mol. The van der Waals surface area contributed by atoms with Crippen molar-refractivity contribution in [1.82, 2.24) is 14.9 Å². The normalized spacial score (nSPS) is 15.6. The lowest BCUT2D eigenvalue weighted by Gasteiger charge is -2.24. The van der Waals surface area contributed by atoms with Crippen LogP contribution in [0.1, 0.15) is 47.4 Å². The molecule has 2 aromatic rings. The lowest BCUT2D eigenvalue weighted by molar-refractivity contribution is 0.0735. The second kappa shape index (κ2) is 5.43. The van der Waals surface area contributed by atoms with Crippen molar-refractivity contribution in [3.05, 3.63) is 35.2 Å². The van der Waals surface area contributed by atoms with Crippen molar-refractivity contribution in [1.29, 1.82) is 0 Å². The summed E-state index contributed by atoms with van der Waals surface area (Å²) in [5.41, 5.74) is 4.19. The Morgan fingerprint density at radius 2 is 1.71 bits per heavy atom. The molecule has 1 aliphatic carbocycles. The van der Waals surface area contributed by atoms with Gasteiger partial charge >= 0.3 is 0 Å². The summed E-state index contributed by atoms with van der Waals surface area (Å²) in [6.45, 7) is 3.90. The number of benzene rings is 1. The molecule has 110 valence electrons. The summed E-state index contributed by atoms with van der Waals surface area (Å²) in [6.07, 6.45) is 4.69. The molecule has 3 rings (SSSR count). The largest absolute Gasteiger partial charge is 0.339 e. The second-order valence-electron chi connectivity index (χ2n) is 5.95. The summed E-state index contributed by atoms with van der Waals surface area (Å²) >= 11 is 0. The molecular formula is C17H21N3O. The Bertz CT molecular complexity index is 690. The molecule has 0 radical (unpaired) electrons. The Labute approximate surface area is 125 Å². The van der Waals surface area contributed by atoms with Crippen LogP contribution in [0, 0.1) is 13.8 Å². The van der Waals surface area contributed by atoms with E-state index in [0.717, 1.165) is 35.3 Å². The fraction of sp³-hybridized carbons (Fsp3) is 0.471. The molecule has 0 spiro atoms. The van der Waals surface area contributed by atoms with Crippen LogP contribution < -0.4 is 0 Å². The maximum Gasteiger partial charge on any atom is 0.253 e. The van der Waals surface area contributed by atoms with E-state index in [4.69, 9.17) is 0 Å². The predicted octanol–water partition coefficient (Wildman–Crippen LogP) is 3.26. The van der Waals surface area contributed by atoms with Crippen molar-refractivity contribution >= 4 is 16.9 Å². The van der Waals surface area contributed by atoms with Crippen molar-refractivity contribution in [2.24, 2.45) is 0 Å². The molecule has 21 heavy (non-hydrogen) atoms. The molecule has 0 atom stereocenters. The van der Waals surface area contributed by atoms with Crippen LogP contribution in [-0.2, 0) is 0 Å². The van der Waals surface area contributed by atoms with E-state index in [-0.39, 0.29) is 5.91 Å². The Morgan fingerprint density at radius 3 is 2.38 bits per heavy atom. The highest BCUT2D eigenvalue weighted by Gasteiger charge is 2.24. The first-order chi connectivity index (χ1) is 10.1. The van der Waals surface area contributed by atoms with Crippen molar-refractivity contribution in [3.63, 3.8) is 0 Å². The minimum atomic E-state index is 0.0869. The zero-order valence-corrected chi connectivity index (χ0v) is 12.9. The second-order valence-corrected chi connectivity index (χ2v) is 5.95. The molecule has 4 heteroatoms. The Balaban J connectivity index is 1.92. The van der Waals surface area contributed by atoms with Gasteiger partial charge in [-0.15, -0.1) is 0 Å². The number of carbonyl (C=O) groups excluding carboxylic acids is 1. The van der Waals surface area contributed by atoms with E-state index in [1.165, 1.54) is 12.8 Å². The van der Waals surface area contributed by atoms with Gasteiger partial charge in [0.15, 0.2) is 0 Å². The van der Waals surface area contributed by atoms with E-state index in [9.17, 15) is 4.79 Å². The van der Waals surface area contributed by atoms with Crippen LogP contribution in [0.4, 0.5) is 0 Å². The fourth-order valence-corrected chi connectivity index (χ4v) is 3.02. The van der Waals surface area contributed by atoms with Crippen molar-refractivity contribution in [2.75, 3.05) is 7.05 Å². The smallest absolute Gasteiger partial charge is 0.253 e. The number of nitrogens with zero attached hydrogens (tertiary/aromatic N) is 3. The maximum absolute atomic E-state index is 12.6. The number of rotatable bonds is 2. The van der Waals surface area contributed by atoms with E-state index in [1.54, 1.807) is 0 Å². The van der Waals surface area contributed by atoms with Crippen LogP contribution in [0.5, 0.6) is 0 Å². The minimum absolute atomic E-state index is 0.0869. The lowest BCUT2D eigenvalue weighted by atomic mass is 10.1. The summed E-state index contributed by atoms with van der Waals surface area (Å²) in [5.74, 6) is 0.0869. The quantitative estimate of drug-likeness (QED) is 0.850. The molecule has 1 aliphatic rings. The standard InChI is InChI=1S/C17H21N3O/c1-11-12(2)19-16-10-13(8-9-15(16)18-11)17(21)20(3)14-6-4-5-7-14/h8-10,14H,4-7H2,1-3H3. The fourth-order valence-electron chi connectivity index (χ4n) is 3.02. The zero-order chi connectivity index (χ0) is 15.0. The van der Waals surface area contributed by atoms with E-state index in [1.807, 2.05) is 44.0 Å². The summed E-state index contributed by atoms with van der Waals surface area (Å²) < 4.78 is 0. The average Bonchev–Trinajstić information content (AvgIpc) is 3.00. The van der Waals surface area contributed by atoms with Crippen molar-refractivity contribution < 1.29 is 4.79 Å². The van der Waals surface area contributed by atoms with Gasteiger partial charge in [0, 0.05) is 18.7 Å². The Hall–Kier alpha value is -1.97. The first kappa shape index (κ1) is 14.0. The number of hydrogen-bond donors (Lipinski definition) is 0. The van der Waals surface area contributed by atoms with Gasteiger partial charge in [0.05, 0.1) is 22.4 Å². The molecule has 1 aromatic carbocycles. The van der Waals surface area contributed by atoms with Gasteiger partial charge in [-0.3, -0.25) is 4.79 Å². The van der Waals surface area contributed by atoms with E-state index in [2.05, 4.69) is 9.97 Å². The predicted molar refractivity (Wildman–Crippen MR) is 83.4 cm³/mol. The van der Waals surface area contributed by atoms with Gasteiger partial charge in [-0.2, -0.15) is 0 Å². The van der Waals surface area contributed by atoms with Crippen molar-refractivity contribution in [3.8, 4) is 0 Å². The van der Waals surface area contributed by atoms with Gasteiger partial charge < -0.3 is 4.90 Å². The highest BCUT2D eigenvalue weighted by atomic mass is 16.2. The van der Waals surface area contributed by atoms with Crippen LogP contribution >= 0.6 is 0 Å². The molecule has 4 nitrogen and oxygen atoms in total. The van der Waals surface area contributed by atoms with Crippen LogP contribution in [-0.4, -0.2) is 33.9 Å². The third-order valence-electron chi connectivity index (χ3n) is 4.52. The molecule has 0 N–H and O–H groups in total. The number of aryl methyl sites for hydroxylation is 2. The third-order valence-corrected chi connectivity index (χ3v) is 4.52. The summed E-state index contributed by atoms with van der Waals surface area (Å²) in [7, 11) is 1.91. The first-order valence-electron chi connectivity index (χ1n) is 7.58. The minimum Gasteiger partial charge on any atom is -0.339 e. The summed E-state index contributed by atoms with van der Waals surface area (Å²) in [5, 5.41) is 0. The molecule has 0 bridgehead atoms. The van der Waals surface area contributed by atoms with E-state index < -0.39 is 0 Å². The molecule has 1 fully saturated rings. The molecule has 1 saturated carbocycles. The molecule has 0 aliphatic heterocycles. The number of amides is 1. The van der Waals surface area contributed by atoms with Gasteiger partial charge in [-0.05, 0) is 44.9 Å². The van der Waals surface area contributed by atoms with Crippen LogP contribution in [0.2, 0.25) is 0 Å². The summed E-state index contributed by atoms with van der Waals surface area (Å²) in [4.78, 5) is 23.5. The van der Waals surface area contributed by atoms with Gasteiger partial charge in [-0.1, -0.05) is 12.8 Å². The summed E-state index contributed by atoms with van der Waals surface area (Å²) in [6, 6.07) is 6.01. The highest BCUT2D eigenvalue weighted by molar-refractivity contribution is 5.97. The van der Waals surface area contributed by atoms with Gasteiger partial charge in [0.25, 0.3) is 5.91 Å². The van der Waals surface area contributed by atoms with Crippen LogP contribution in [0.15, 0.2) is 18.2 Å². The highest BCUT2D eigenvalue weighted by Crippen LogP contribution is 2.24. The first-order valence-corrected chi connectivity index (χ1v) is 7.58. The molecule has 0 unspecified atom stereocenters. The van der Waals surface area contributed by atoms with E-state index >= 15 is 0 Å². The SMILES string of the molecule is Cc1nc2ccc(C(=O)N(C)C3CCCC3)cc2nc1C. The van der Waals surface area contributed by atoms with Gasteiger partial charge in [0.2, 0.25) is 0 Å². The lowest BCUT2D eigenvalue weighted by Crippen LogP contribution is -2.35. The molecular weight excluding hydrogens is 262 g/mol. The number of aromatic nitrogens is 2. The molecule has 1 aromatic heterocycles. The zero-order valence-electron chi connectivity index (χ0n) is 12.9. The van der Waals surface area contributed by atoms with Crippen molar-refractivity contribution in [2.45, 2.75) is 45.6 Å². The third kappa shape index (κ3) is 2.62. The molecule has 1 amide bonds. The maximum atomic E-state index is 12.6. The topological polar surface area (TPSA) is 46.1 Å². The van der Waals surface area contributed by atoms with Crippen LogP contribution in [0.3, 0.4) is 0 Å². The molecule has 0 saturated heterocycles. The van der Waals surface area contributed by atoms with Crippen LogP contribution in [0.25, 0.3) is 11.0 Å². The number of fused-ring (bicyclic) bond motifs is 1. The molecule has 1 heterocycles. The Morgan fingerprint density at radius 1 is 1.10 bits per heavy atom. The van der Waals surface area contributed by atoms with Gasteiger partial charge in [-0.25, -0.2) is 9.97 Å². The Kier molecular flexibility index (Phi) is 3.62. The van der Waals surface area contributed by atoms with E-state index in [0.29, 0.717) is 11.6 Å².